The van der Waals surface area contributed by atoms with Crippen molar-refractivity contribution < 1.29 is 0 Å². The first-order valence-electron chi connectivity index (χ1n) is 6.43. The van der Waals surface area contributed by atoms with Crippen LogP contribution in [0.25, 0.3) is 0 Å². The van der Waals surface area contributed by atoms with Crippen LogP contribution in [0.4, 0.5) is 0 Å². The van der Waals surface area contributed by atoms with E-state index >= 15 is 0 Å². The Hall–Kier alpha value is 1.56. The second-order valence-electron chi connectivity index (χ2n) is 4.07. The van der Waals surface area contributed by atoms with E-state index in [9.17, 15) is 0 Å². The molecule has 1 heterocycles. The molecule has 0 aromatic heterocycles. The molecule has 0 radical (unpaired) electrons. The van der Waals surface area contributed by atoms with Gasteiger partial charge in [0.05, 0.1) is 0 Å². The van der Waals surface area contributed by atoms with Gasteiger partial charge in [-0.1, -0.05) is 0 Å². The van der Waals surface area contributed by atoms with E-state index in [4.69, 9.17) is 0 Å². The van der Waals surface area contributed by atoms with Gasteiger partial charge in [-0.15, -0.1) is 0 Å². The molecule has 0 amide bonds. The SMILES string of the molecule is C1=C\[Se][Se][Se][Se]CCCCCCCCC/C=C/1. The van der Waals surface area contributed by atoms with E-state index in [1.54, 1.807) is 5.32 Å². The van der Waals surface area contributed by atoms with Crippen molar-refractivity contribution in [2.75, 3.05) is 0 Å². The third-order valence-corrected chi connectivity index (χ3v) is 39.5. The topological polar surface area (TPSA) is 0 Å². The molecule has 0 unspecified atom stereocenters. The number of allylic oxidation sites excluding steroid dienone is 3. The maximum absolute atomic E-state index is 2.44. The van der Waals surface area contributed by atoms with Gasteiger partial charge in [0.1, 0.15) is 0 Å². The van der Waals surface area contributed by atoms with Gasteiger partial charge in [0.25, 0.3) is 0 Å². The molecule has 0 atom stereocenters. The molecule has 0 aromatic carbocycles. The summed E-state index contributed by atoms with van der Waals surface area (Å²) in [7, 11) is 0. The first-order chi connectivity index (χ1) is 8.50. The molecule has 0 bridgehead atoms. The summed E-state index contributed by atoms with van der Waals surface area (Å²) < 4.78 is 0. The van der Waals surface area contributed by atoms with Crippen molar-refractivity contribution in [3.8, 4) is 0 Å². The van der Waals surface area contributed by atoms with Gasteiger partial charge < -0.3 is 0 Å². The number of hydrogen-bond donors (Lipinski definition) is 0. The number of hydrogen-bond acceptors (Lipinski definition) is 0. The molecule has 0 saturated carbocycles. The molecule has 0 N–H and O–H groups in total. The van der Waals surface area contributed by atoms with Crippen molar-refractivity contribution in [2.45, 2.75) is 56.7 Å². The molecule has 1 rings (SSSR count). The average molecular weight is 494 g/mol. The fourth-order valence-electron chi connectivity index (χ4n) is 1.65. The molecular weight excluding hydrogens is 472 g/mol. The molecule has 1 aliphatic heterocycles. The zero-order chi connectivity index (χ0) is 12.0. The Balaban J connectivity index is 2.13. The van der Waals surface area contributed by atoms with Crippen LogP contribution in [0.15, 0.2) is 23.2 Å². The van der Waals surface area contributed by atoms with E-state index in [0.717, 1.165) is 48.9 Å². The first-order valence-corrected chi connectivity index (χ1v) is 21.6. The summed E-state index contributed by atoms with van der Waals surface area (Å²) in [5.41, 5.74) is 0. The van der Waals surface area contributed by atoms with Crippen LogP contribution in [-0.2, 0) is 0 Å². The molecule has 17 heavy (non-hydrogen) atoms. The van der Waals surface area contributed by atoms with Crippen molar-refractivity contribution in [1.29, 1.82) is 0 Å². The van der Waals surface area contributed by atoms with E-state index < -0.39 is 0 Å². The van der Waals surface area contributed by atoms with Gasteiger partial charge in [0, 0.05) is 0 Å². The van der Waals surface area contributed by atoms with Crippen molar-refractivity contribution in [3.63, 3.8) is 0 Å². The normalized spacial score (nSPS) is 25.9. The molecule has 0 aromatic rings. The molecule has 98 valence electrons. The van der Waals surface area contributed by atoms with E-state index in [2.05, 4.69) is 23.2 Å². The zero-order valence-corrected chi connectivity index (χ0v) is 17.2. The van der Waals surface area contributed by atoms with Crippen molar-refractivity contribution >= 4 is 48.9 Å². The van der Waals surface area contributed by atoms with Crippen LogP contribution in [0.5, 0.6) is 0 Å². The monoisotopic (exact) mass is 498 g/mol. The van der Waals surface area contributed by atoms with E-state index in [1.807, 2.05) is 0 Å². The summed E-state index contributed by atoms with van der Waals surface area (Å²) >= 11 is 3.96. The van der Waals surface area contributed by atoms with Gasteiger partial charge in [-0.3, -0.25) is 0 Å². The maximum atomic E-state index is 2.44. The average Bonchev–Trinajstić information content (AvgIpc) is 2.35. The second-order valence-corrected chi connectivity index (χ2v) is 30.0. The fraction of sp³-hybridized carbons (Fsp3) is 0.692. The molecule has 0 saturated heterocycles. The van der Waals surface area contributed by atoms with Crippen LogP contribution < -0.4 is 0 Å². The molecule has 0 fully saturated rings. The quantitative estimate of drug-likeness (QED) is 0.455. The van der Waals surface area contributed by atoms with Crippen LogP contribution in [0.2, 0.25) is 5.32 Å². The van der Waals surface area contributed by atoms with Crippen LogP contribution >= 0.6 is 0 Å². The van der Waals surface area contributed by atoms with Crippen LogP contribution in [-0.4, -0.2) is 48.9 Å². The summed E-state index contributed by atoms with van der Waals surface area (Å²) in [4.78, 5) is 2.44. The molecule has 1 aliphatic rings. The van der Waals surface area contributed by atoms with Gasteiger partial charge >= 0.3 is 129 Å². The van der Waals surface area contributed by atoms with Gasteiger partial charge in [0.2, 0.25) is 0 Å². The Bertz CT molecular complexity index is 191. The van der Waals surface area contributed by atoms with Crippen molar-refractivity contribution in [1.82, 2.24) is 0 Å². The van der Waals surface area contributed by atoms with E-state index in [0.29, 0.717) is 0 Å². The summed E-state index contributed by atoms with van der Waals surface area (Å²) in [5, 5.41) is 1.58. The minimum atomic E-state index is 0.854. The second kappa shape index (κ2) is 14.0. The fourth-order valence-corrected chi connectivity index (χ4v) is 38.5. The zero-order valence-electron chi connectivity index (χ0n) is 10.3. The summed E-state index contributed by atoms with van der Waals surface area (Å²) in [5.74, 6) is 0. The predicted molar refractivity (Wildman–Crippen MR) is 83.0 cm³/mol. The molecular formula is C13H22Se4. The van der Waals surface area contributed by atoms with Crippen LogP contribution in [0.1, 0.15) is 51.4 Å². The third kappa shape index (κ3) is 12.3. The minimum absolute atomic E-state index is 0.854. The van der Waals surface area contributed by atoms with Crippen molar-refractivity contribution in [3.05, 3.63) is 23.2 Å². The summed E-state index contributed by atoms with van der Waals surface area (Å²) in [6, 6.07) is 0. The molecule has 4 heteroatoms. The molecule has 0 nitrogen and oxygen atoms in total. The molecule has 0 aliphatic carbocycles. The standard InChI is InChI=1S/C13H22Se4/c1-2-4-6-8-10-12-14-16-17-15-13-11-9-7-5-3-1/h6,8,10,12H,1-5,7,9,11,13H2/b8-6+,12-10-. The van der Waals surface area contributed by atoms with Crippen LogP contribution in [0, 0.1) is 0 Å². The Morgan fingerprint density at radius 3 is 2.35 bits per heavy atom. The van der Waals surface area contributed by atoms with Gasteiger partial charge in [-0.05, 0) is 0 Å². The molecule has 0 spiro atoms. The third-order valence-electron chi connectivity index (χ3n) is 2.59. The first kappa shape index (κ1) is 16.6. The predicted octanol–water partition coefficient (Wildman–Crippen LogP) is 3.17. The Morgan fingerprint density at radius 1 is 0.706 bits per heavy atom. The van der Waals surface area contributed by atoms with E-state index in [-0.39, 0.29) is 0 Å². The van der Waals surface area contributed by atoms with E-state index in [1.165, 1.54) is 51.4 Å². The Morgan fingerprint density at radius 2 is 1.47 bits per heavy atom. The Kier molecular flexibility index (Phi) is 13.7. The summed E-state index contributed by atoms with van der Waals surface area (Å²) in [6.07, 6.45) is 18.5. The Labute approximate surface area is 128 Å². The van der Waals surface area contributed by atoms with Gasteiger partial charge in [-0.2, -0.15) is 0 Å². The number of rotatable bonds is 0. The van der Waals surface area contributed by atoms with Gasteiger partial charge in [0.15, 0.2) is 0 Å². The van der Waals surface area contributed by atoms with Gasteiger partial charge in [-0.25, -0.2) is 0 Å². The van der Waals surface area contributed by atoms with Crippen LogP contribution in [0.3, 0.4) is 0 Å². The van der Waals surface area contributed by atoms with Crippen molar-refractivity contribution in [2.24, 2.45) is 0 Å². The summed E-state index contributed by atoms with van der Waals surface area (Å²) in [6.45, 7) is 0.